The highest BCUT2D eigenvalue weighted by Crippen LogP contribution is 2.49. The van der Waals surface area contributed by atoms with E-state index in [-0.39, 0.29) is 12.1 Å². The molecule has 3 aromatic carbocycles. The van der Waals surface area contributed by atoms with Crippen molar-refractivity contribution in [2.75, 3.05) is 69.8 Å². The molecule has 0 saturated carbocycles. The monoisotopic (exact) mass is 576 g/mol. The molecule has 42 heavy (non-hydrogen) atoms. The molecule has 2 heterocycles. The first-order chi connectivity index (χ1) is 20.4. The van der Waals surface area contributed by atoms with Crippen molar-refractivity contribution in [2.45, 2.75) is 37.8 Å². The summed E-state index contributed by atoms with van der Waals surface area (Å²) in [5.74, 6) is 4.25. The summed E-state index contributed by atoms with van der Waals surface area (Å²) >= 11 is 0. The van der Waals surface area contributed by atoms with Gasteiger partial charge >= 0.3 is 0 Å². The lowest BCUT2D eigenvalue weighted by molar-refractivity contribution is 0.218. The van der Waals surface area contributed by atoms with Crippen LogP contribution in [-0.2, 0) is 25.7 Å². The quantitative estimate of drug-likeness (QED) is 0.323. The fraction of sp³-hybridized carbons (Fsp3) is 0.471. The Labute approximate surface area is 250 Å². The van der Waals surface area contributed by atoms with Crippen LogP contribution < -0.4 is 28.4 Å². The van der Waals surface area contributed by atoms with E-state index in [1.807, 2.05) is 0 Å². The minimum Gasteiger partial charge on any atom is -0.493 e. The highest BCUT2D eigenvalue weighted by molar-refractivity contribution is 5.62. The topological polar surface area (TPSA) is 61.9 Å². The zero-order valence-electron chi connectivity index (χ0n) is 26.2. The largest absolute Gasteiger partial charge is 0.493 e. The maximum Gasteiger partial charge on any atom is 0.203 e. The van der Waals surface area contributed by atoms with Crippen molar-refractivity contribution in [3.8, 4) is 34.5 Å². The Balaban J connectivity index is 1.43. The number of methoxy groups -OCH3 is 6. The van der Waals surface area contributed by atoms with Crippen LogP contribution in [0.25, 0.3) is 0 Å². The fourth-order valence-corrected chi connectivity index (χ4v) is 6.72. The van der Waals surface area contributed by atoms with Crippen LogP contribution in [0.3, 0.4) is 0 Å². The number of hydrogen-bond acceptors (Lipinski definition) is 8. The molecule has 8 heteroatoms. The standard InChI is InChI=1S/C34H44N2O6/c1-35-15-13-23-19-27(37-3)31(39-5)33(41-7)29(23)25(35)17-21-9-11-22(12-10-21)18-26-30-24(14-16-36(26)2)20-28(38-4)32(40-6)34(30)42-8/h9-12,19-20,25-26H,13-18H2,1-8H3. The van der Waals surface area contributed by atoms with Gasteiger partial charge < -0.3 is 28.4 Å². The van der Waals surface area contributed by atoms with E-state index in [4.69, 9.17) is 28.4 Å². The number of benzene rings is 3. The van der Waals surface area contributed by atoms with E-state index in [2.05, 4.69) is 60.3 Å². The molecule has 0 spiro atoms. The van der Waals surface area contributed by atoms with Gasteiger partial charge in [0.15, 0.2) is 23.0 Å². The van der Waals surface area contributed by atoms with Crippen LogP contribution in [0.4, 0.5) is 0 Å². The molecule has 226 valence electrons. The summed E-state index contributed by atoms with van der Waals surface area (Å²) in [7, 11) is 14.5. The summed E-state index contributed by atoms with van der Waals surface area (Å²) < 4.78 is 34.6. The molecular weight excluding hydrogens is 532 g/mol. The van der Waals surface area contributed by atoms with E-state index in [0.29, 0.717) is 23.0 Å². The van der Waals surface area contributed by atoms with Crippen LogP contribution in [-0.4, -0.2) is 79.6 Å². The van der Waals surface area contributed by atoms with Gasteiger partial charge in [-0.3, -0.25) is 9.80 Å². The van der Waals surface area contributed by atoms with E-state index in [1.54, 1.807) is 42.7 Å². The second kappa shape index (κ2) is 12.7. The number of hydrogen-bond donors (Lipinski definition) is 0. The molecule has 3 aromatic rings. The number of nitrogens with zero attached hydrogens (tertiary/aromatic N) is 2. The first-order valence-corrected chi connectivity index (χ1v) is 14.5. The molecule has 0 N–H and O–H groups in total. The van der Waals surface area contributed by atoms with Gasteiger partial charge in [0.25, 0.3) is 0 Å². The Morgan fingerprint density at radius 1 is 0.548 bits per heavy atom. The van der Waals surface area contributed by atoms with E-state index in [0.717, 1.165) is 50.3 Å². The zero-order chi connectivity index (χ0) is 30.0. The molecule has 0 fully saturated rings. The number of ether oxygens (including phenoxy) is 6. The molecule has 0 saturated heterocycles. The Morgan fingerprint density at radius 2 is 0.905 bits per heavy atom. The molecule has 2 aliphatic heterocycles. The molecule has 0 amide bonds. The van der Waals surface area contributed by atoms with Crippen molar-refractivity contribution in [3.05, 3.63) is 69.8 Å². The molecule has 0 aromatic heterocycles. The minimum atomic E-state index is 0.164. The summed E-state index contributed by atoms with van der Waals surface area (Å²) in [6.45, 7) is 1.94. The first-order valence-electron chi connectivity index (χ1n) is 14.5. The van der Waals surface area contributed by atoms with Crippen LogP contribution in [0.2, 0.25) is 0 Å². The van der Waals surface area contributed by atoms with Crippen LogP contribution in [0, 0.1) is 0 Å². The predicted molar refractivity (Wildman–Crippen MR) is 164 cm³/mol. The van der Waals surface area contributed by atoms with Crippen LogP contribution in [0.15, 0.2) is 36.4 Å². The smallest absolute Gasteiger partial charge is 0.203 e. The average molecular weight is 577 g/mol. The Kier molecular flexibility index (Phi) is 9.04. The Hall–Kier alpha value is -3.62. The van der Waals surface area contributed by atoms with E-state index >= 15 is 0 Å². The highest BCUT2D eigenvalue weighted by atomic mass is 16.5. The fourth-order valence-electron chi connectivity index (χ4n) is 6.72. The third-order valence-electron chi connectivity index (χ3n) is 8.99. The summed E-state index contributed by atoms with van der Waals surface area (Å²) in [4.78, 5) is 4.82. The Morgan fingerprint density at radius 3 is 1.21 bits per heavy atom. The minimum absolute atomic E-state index is 0.164. The molecule has 0 radical (unpaired) electrons. The second-order valence-electron chi connectivity index (χ2n) is 11.2. The van der Waals surface area contributed by atoms with Gasteiger partial charge in [-0.05, 0) is 74.2 Å². The van der Waals surface area contributed by atoms with Gasteiger partial charge in [-0.1, -0.05) is 24.3 Å². The molecule has 2 aliphatic rings. The lowest BCUT2D eigenvalue weighted by Gasteiger charge is -2.37. The van der Waals surface area contributed by atoms with Crippen LogP contribution >= 0.6 is 0 Å². The lowest BCUT2D eigenvalue weighted by Crippen LogP contribution is -2.34. The van der Waals surface area contributed by atoms with Crippen molar-refractivity contribution in [1.29, 1.82) is 0 Å². The number of rotatable bonds is 10. The van der Waals surface area contributed by atoms with Crippen molar-refractivity contribution in [1.82, 2.24) is 9.80 Å². The van der Waals surface area contributed by atoms with Crippen molar-refractivity contribution < 1.29 is 28.4 Å². The lowest BCUT2D eigenvalue weighted by atomic mass is 9.86. The summed E-state index contributed by atoms with van der Waals surface area (Å²) in [5.41, 5.74) is 7.44. The van der Waals surface area contributed by atoms with Gasteiger partial charge in [0, 0.05) is 36.3 Å². The van der Waals surface area contributed by atoms with Gasteiger partial charge in [-0.25, -0.2) is 0 Å². The van der Waals surface area contributed by atoms with Gasteiger partial charge in [0.05, 0.1) is 42.7 Å². The maximum absolute atomic E-state index is 5.92. The van der Waals surface area contributed by atoms with Gasteiger partial charge in [0.2, 0.25) is 11.5 Å². The highest BCUT2D eigenvalue weighted by Gasteiger charge is 2.34. The van der Waals surface area contributed by atoms with Crippen molar-refractivity contribution >= 4 is 0 Å². The average Bonchev–Trinajstić information content (AvgIpc) is 3.02. The van der Waals surface area contributed by atoms with E-state index in [1.165, 1.54) is 33.4 Å². The van der Waals surface area contributed by atoms with Crippen molar-refractivity contribution in [2.24, 2.45) is 0 Å². The second-order valence-corrected chi connectivity index (χ2v) is 11.2. The summed E-state index contributed by atoms with van der Waals surface area (Å²) in [5, 5.41) is 0. The molecule has 0 bridgehead atoms. The molecule has 2 atom stereocenters. The zero-order valence-corrected chi connectivity index (χ0v) is 26.2. The van der Waals surface area contributed by atoms with Crippen LogP contribution in [0.5, 0.6) is 34.5 Å². The van der Waals surface area contributed by atoms with Gasteiger partial charge in [-0.2, -0.15) is 0 Å². The number of fused-ring (bicyclic) bond motifs is 2. The maximum atomic E-state index is 5.92. The van der Waals surface area contributed by atoms with Gasteiger partial charge in [0.1, 0.15) is 0 Å². The van der Waals surface area contributed by atoms with Crippen molar-refractivity contribution in [3.63, 3.8) is 0 Å². The first kappa shape index (κ1) is 29.9. The van der Waals surface area contributed by atoms with Crippen LogP contribution in [0.1, 0.15) is 45.5 Å². The predicted octanol–water partition coefficient (Wildman–Crippen LogP) is 5.28. The molecule has 2 unspecified atom stereocenters. The summed E-state index contributed by atoms with van der Waals surface area (Å²) in [6.07, 6.45) is 3.61. The normalized spacial score (nSPS) is 18.6. The summed E-state index contributed by atoms with van der Waals surface area (Å²) in [6, 6.07) is 13.6. The third kappa shape index (κ3) is 5.34. The van der Waals surface area contributed by atoms with Gasteiger partial charge in [-0.15, -0.1) is 0 Å². The van der Waals surface area contributed by atoms with E-state index < -0.39 is 0 Å². The third-order valence-corrected chi connectivity index (χ3v) is 8.99. The molecular formula is C34H44N2O6. The molecule has 5 rings (SSSR count). The number of likely N-dealkylation sites (N-methyl/N-ethyl adjacent to an activating group) is 2. The van der Waals surface area contributed by atoms with E-state index in [9.17, 15) is 0 Å². The Bertz CT molecular complexity index is 1300. The molecule has 0 aliphatic carbocycles. The SMILES string of the molecule is COc1cc2c(c(OC)c1OC)C(Cc1ccc(CC3c4c(cc(OC)c(OC)c4OC)CCN3C)cc1)N(C)CC2. The molecule has 8 nitrogen and oxygen atoms in total.